The Balaban J connectivity index is 1.61. The Bertz CT molecular complexity index is 1110. The van der Waals surface area contributed by atoms with Crippen LogP contribution < -0.4 is 16.0 Å². The van der Waals surface area contributed by atoms with Gasteiger partial charge in [0, 0.05) is 22.0 Å². The largest absolute Gasteiger partial charge is 0.332 e. The van der Waals surface area contributed by atoms with Gasteiger partial charge >= 0.3 is 0 Å². The van der Waals surface area contributed by atoms with Crippen molar-refractivity contribution in [3.63, 3.8) is 0 Å². The van der Waals surface area contributed by atoms with Gasteiger partial charge in [0.1, 0.15) is 0 Å². The summed E-state index contributed by atoms with van der Waals surface area (Å²) in [5.74, 6) is -0.0918. The highest BCUT2D eigenvalue weighted by Crippen LogP contribution is 2.30. The van der Waals surface area contributed by atoms with E-state index >= 15 is 0 Å². The van der Waals surface area contributed by atoms with Crippen LogP contribution in [0.5, 0.6) is 0 Å². The lowest BCUT2D eigenvalue weighted by Crippen LogP contribution is -2.24. The van der Waals surface area contributed by atoms with E-state index in [-0.39, 0.29) is 11.2 Å². The van der Waals surface area contributed by atoms with Crippen molar-refractivity contribution in [2.45, 2.75) is 30.4 Å². The molecule has 1 amide bonds. The van der Waals surface area contributed by atoms with Gasteiger partial charge in [-0.05, 0) is 74.1 Å². The number of rotatable bonds is 7. The van der Waals surface area contributed by atoms with Crippen molar-refractivity contribution in [1.82, 2.24) is 0 Å². The molecule has 0 bridgehead atoms. The summed E-state index contributed by atoms with van der Waals surface area (Å²) in [6, 6.07) is 20.9. The predicted octanol–water partition coefficient (Wildman–Crippen LogP) is 7.62. The van der Waals surface area contributed by atoms with Crippen molar-refractivity contribution in [2.75, 3.05) is 16.0 Å². The lowest BCUT2D eigenvalue weighted by molar-refractivity contribution is -0.115. The molecule has 1 unspecified atom stereocenters. The Labute approximate surface area is 208 Å². The van der Waals surface area contributed by atoms with E-state index in [0.29, 0.717) is 27.3 Å². The zero-order valence-electron chi connectivity index (χ0n) is 17.6. The molecule has 0 aromatic heterocycles. The topological polar surface area (TPSA) is 53.2 Å². The quantitative estimate of drug-likeness (QED) is 0.228. The molecule has 0 aliphatic carbocycles. The number of carbonyl (C=O) groups excluding carboxylic acids is 1. The summed E-state index contributed by atoms with van der Waals surface area (Å²) in [5, 5.41) is 10.4. The molecule has 3 rings (SSSR count). The van der Waals surface area contributed by atoms with Gasteiger partial charge in [-0.1, -0.05) is 53.9 Å². The molecule has 0 aliphatic heterocycles. The van der Waals surface area contributed by atoms with E-state index in [2.05, 4.69) is 16.0 Å². The molecule has 0 aliphatic rings. The third-order valence-electron chi connectivity index (χ3n) is 4.53. The first-order valence-electron chi connectivity index (χ1n) is 10.0. The van der Waals surface area contributed by atoms with Crippen LogP contribution in [0.15, 0.2) is 71.6 Å². The van der Waals surface area contributed by atoms with Crippen LogP contribution in [0.1, 0.15) is 18.9 Å². The minimum Gasteiger partial charge on any atom is -0.332 e. The summed E-state index contributed by atoms with van der Waals surface area (Å²) < 4.78 is 0. The van der Waals surface area contributed by atoms with Crippen LogP contribution in [0.25, 0.3) is 0 Å². The maximum Gasteiger partial charge on any atom is 0.237 e. The fourth-order valence-corrected chi connectivity index (χ4v) is 4.41. The number of benzene rings is 3. The van der Waals surface area contributed by atoms with Crippen LogP contribution in [-0.4, -0.2) is 16.3 Å². The third-order valence-corrected chi connectivity index (χ3v) is 6.83. The Morgan fingerprint density at radius 2 is 1.56 bits per heavy atom. The molecule has 8 heteroatoms. The minimum absolute atomic E-state index is 0.0918. The first-order chi connectivity index (χ1) is 15.3. The molecule has 0 heterocycles. The molecule has 3 aromatic rings. The van der Waals surface area contributed by atoms with Gasteiger partial charge in [-0.3, -0.25) is 4.79 Å². The van der Waals surface area contributed by atoms with E-state index in [4.69, 9.17) is 35.4 Å². The zero-order chi connectivity index (χ0) is 23.1. The summed E-state index contributed by atoms with van der Waals surface area (Å²) in [7, 11) is 0. The number of carbonyl (C=O) groups is 1. The van der Waals surface area contributed by atoms with E-state index in [0.717, 1.165) is 16.3 Å². The van der Waals surface area contributed by atoms with Crippen LogP contribution in [0.2, 0.25) is 10.0 Å². The minimum atomic E-state index is -0.266. The normalized spacial score (nSPS) is 11.5. The molecule has 0 radical (unpaired) electrons. The van der Waals surface area contributed by atoms with Crippen molar-refractivity contribution in [3.8, 4) is 0 Å². The fraction of sp³-hybridized carbons (Fsp3) is 0.167. The number of anilines is 3. The fourth-order valence-electron chi connectivity index (χ4n) is 2.86. The number of hydrogen-bond acceptors (Lipinski definition) is 3. The van der Waals surface area contributed by atoms with Crippen LogP contribution in [0.3, 0.4) is 0 Å². The third kappa shape index (κ3) is 7.14. The van der Waals surface area contributed by atoms with Gasteiger partial charge in [-0.15, -0.1) is 11.8 Å². The molecule has 0 spiro atoms. The van der Waals surface area contributed by atoms with Gasteiger partial charge in [0.25, 0.3) is 0 Å². The monoisotopic (exact) mass is 503 g/mol. The number of thioether (sulfide) groups is 1. The van der Waals surface area contributed by atoms with E-state index in [1.54, 1.807) is 18.2 Å². The Morgan fingerprint density at radius 1 is 0.906 bits per heavy atom. The Morgan fingerprint density at radius 3 is 2.25 bits per heavy atom. The van der Waals surface area contributed by atoms with E-state index in [9.17, 15) is 4.79 Å². The highest BCUT2D eigenvalue weighted by atomic mass is 35.5. The first-order valence-corrected chi connectivity index (χ1v) is 12.1. The number of aryl methyl sites for hydroxylation is 1. The molecule has 166 valence electrons. The molecular formula is C24H23Cl2N3OS2. The van der Waals surface area contributed by atoms with Crippen molar-refractivity contribution < 1.29 is 4.79 Å². The summed E-state index contributed by atoms with van der Waals surface area (Å²) in [6.45, 7) is 4.02. The standard InChI is InChI=1S/C24H23Cl2N3OS2/c1-3-22(23(30)27-18-11-12-20(25)21(26)14-18)32-19-6-4-5-17(13-19)29-24(31)28-16-9-7-15(2)8-10-16/h4-14,22H,3H2,1-2H3,(H,27,30)(H2,28,29,31). The second-order valence-corrected chi connectivity index (χ2v) is 9.60. The Kier molecular flexibility index (Phi) is 8.82. The first kappa shape index (κ1) is 24.4. The van der Waals surface area contributed by atoms with Crippen molar-refractivity contribution in [3.05, 3.63) is 82.3 Å². The number of hydrogen-bond donors (Lipinski definition) is 3. The molecule has 1 atom stereocenters. The van der Waals surface area contributed by atoms with Crippen LogP contribution in [-0.2, 0) is 4.79 Å². The summed E-state index contributed by atoms with van der Waals surface area (Å²) in [4.78, 5) is 13.7. The lowest BCUT2D eigenvalue weighted by atomic mass is 10.2. The van der Waals surface area contributed by atoms with Gasteiger partial charge < -0.3 is 16.0 Å². The maximum atomic E-state index is 12.8. The van der Waals surface area contributed by atoms with Crippen LogP contribution in [0, 0.1) is 6.92 Å². The van der Waals surface area contributed by atoms with Crippen LogP contribution in [0.4, 0.5) is 17.1 Å². The average molecular weight is 505 g/mol. The summed E-state index contributed by atoms with van der Waals surface area (Å²) >= 11 is 18.9. The van der Waals surface area contributed by atoms with Crippen molar-refractivity contribution in [2.24, 2.45) is 0 Å². The van der Waals surface area contributed by atoms with Gasteiger partial charge in [-0.2, -0.15) is 0 Å². The second-order valence-electron chi connectivity index (χ2n) is 7.11. The van der Waals surface area contributed by atoms with Gasteiger partial charge in [-0.25, -0.2) is 0 Å². The maximum absolute atomic E-state index is 12.8. The van der Waals surface area contributed by atoms with Crippen molar-refractivity contribution in [1.29, 1.82) is 0 Å². The number of nitrogens with one attached hydrogen (secondary N) is 3. The molecule has 4 nitrogen and oxygen atoms in total. The zero-order valence-corrected chi connectivity index (χ0v) is 20.8. The SMILES string of the molecule is CCC(Sc1cccc(NC(=S)Nc2ccc(C)cc2)c1)C(=O)Nc1ccc(Cl)c(Cl)c1. The van der Waals surface area contributed by atoms with E-state index in [1.165, 1.54) is 17.3 Å². The molecular weight excluding hydrogens is 481 g/mol. The second kappa shape index (κ2) is 11.6. The average Bonchev–Trinajstić information content (AvgIpc) is 2.76. The highest BCUT2D eigenvalue weighted by molar-refractivity contribution is 8.00. The van der Waals surface area contributed by atoms with Gasteiger partial charge in [0.05, 0.1) is 15.3 Å². The predicted molar refractivity (Wildman–Crippen MR) is 142 cm³/mol. The molecule has 0 fully saturated rings. The summed E-state index contributed by atoms with van der Waals surface area (Å²) in [6.07, 6.45) is 0.670. The molecule has 0 saturated heterocycles. The molecule has 32 heavy (non-hydrogen) atoms. The van der Waals surface area contributed by atoms with Gasteiger partial charge in [0.2, 0.25) is 5.91 Å². The number of thiocarbonyl (C=S) groups is 1. The smallest absolute Gasteiger partial charge is 0.237 e. The molecule has 3 N–H and O–H groups in total. The van der Waals surface area contributed by atoms with Crippen molar-refractivity contribution >= 4 is 75.3 Å². The summed E-state index contributed by atoms with van der Waals surface area (Å²) in [5.41, 5.74) is 3.57. The van der Waals surface area contributed by atoms with E-state index in [1.807, 2.05) is 62.4 Å². The number of amides is 1. The molecule has 0 saturated carbocycles. The van der Waals surface area contributed by atoms with Crippen LogP contribution >= 0.6 is 47.2 Å². The van der Waals surface area contributed by atoms with E-state index < -0.39 is 0 Å². The van der Waals surface area contributed by atoms with Gasteiger partial charge in [0.15, 0.2) is 5.11 Å². The highest BCUT2D eigenvalue weighted by Gasteiger charge is 2.18. The lowest BCUT2D eigenvalue weighted by Gasteiger charge is -2.16. The molecule has 3 aromatic carbocycles. The number of halogens is 2. The Hall–Kier alpha value is -2.25.